The Bertz CT molecular complexity index is 462. The average molecular weight is 276 g/mol. The maximum Gasteiger partial charge on any atom is 0.145 e. The predicted molar refractivity (Wildman–Crippen MR) is 80.9 cm³/mol. The van der Waals surface area contributed by atoms with Gasteiger partial charge in [0.2, 0.25) is 0 Å². The summed E-state index contributed by atoms with van der Waals surface area (Å²) in [4.78, 5) is 2.53. The number of hydrogen-bond acceptors (Lipinski definition) is 4. The van der Waals surface area contributed by atoms with Gasteiger partial charge in [0.25, 0.3) is 0 Å². The number of methoxy groups -OCH3 is 2. The van der Waals surface area contributed by atoms with Gasteiger partial charge in [-0.15, -0.1) is 0 Å². The van der Waals surface area contributed by atoms with Gasteiger partial charge in [-0.25, -0.2) is 0 Å². The van der Waals surface area contributed by atoms with Gasteiger partial charge < -0.3 is 19.7 Å². The predicted octanol–water partition coefficient (Wildman–Crippen LogP) is 2.42. The minimum atomic E-state index is 0.597. The second kappa shape index (κ2) is 5.92. The molecule has 3 rings (SSSR count). The van der Waals surface area contributed by atoms with E-state index in [4.69, 9.17) is 9.47 Å². The molecule has 0 spiro atoms. The fourth-order valence-electron chi connectivity index (χ4n) is 3.58. The van der Waals surface area contributed by atoms with Gasteiger partial charge in [0.05, 0.1) is 19.9 Å². The van der Waals surface area contributed by atoms with E-state index in [-0.39, 0.29) is 0 Å². The topological polar surface area (TPSA) is 33.7 Å². The molecule has 0 bridgehead atoms. The van der Waals surface area contributed by atoms with Crippen LogP contribution in [0.15, 0.2) is 18.2 Å². The first-order valence-corrected chi connectivity index (χ1v) is 7.55. The molecule has 1 heterocycles. The molecule has 1 saturated carbocycles. The van der Waals surface area contributed by atoms with E-state index < -0.39 is 0 Å². The number of ether oxygens (including phenoxy) is 2. The van der Waals surface area contributed by atoms with Crippen molar-refractivity contribution >= 4 is 5.69 Å². The largest absolute Gasteiger partial charge is 0.497 e. The molecule has 4 heteroatoms. The number of hydrogen-bond donors (Lipinski definition) is 1. The molecule has 1 aliphatic heterocycles. The van der Waals surface area contributed by atoms with Crippen LogP contribution < -0.4 is 19.7 Å². The first-order chi connectivity index (χ1) is 9.83. The lowest BCUT2D eigenvalue weighted by Gasteiger charge is -2.46. The molecule has 20 heavy (non-hydrogen) atoms. The van der Waals surface area contributed by atoms with Crippen LogP contribution in [0.3, 0.4) is 0 Å². The summed E-state index contributed by atoms with van der Waals surface area (Å²) < 4.78 is 10.9. The van der Waals surface area contributed by atoms with Crippen molar-refractivity contribution in [2.75, 3.05) is 32.2 Å². The molecular formula is C16H24N2O2. The Morgan fingerprint density at radius 2 is 2.00 bits per heavy atom. The van der Waals surface area contributed by atoms with Crippen LogP contribution in [0, 0.1) is 0 Å². The molecule has 2 atom stereocenters. The van der Waals surface area contributed by atoms with Crippen molar-refractivity contribution in [3.8, 4) is 11.5 Å². The van der Waals surface area contributed by atoms with E-state index in [1.165, 1.54) is 31.4 Å². The van der Waals surface area contributed by atoms with Crippen LogP contribution in [-0.4, -0.2) is 39.4 Å². The Morgan fingerprint density at radius 1 is 1.15 bits per heavy atom. The van der Waals surface area contributed by atoms with Crippen LogP contribution in [0.5, 0.6) is 11.5 Å². The van der Waals surface area contributed by atoms with Gasteiger partial charge in [-0.2, -0.15) is 0 Å². The summed E-state index contributed by atoms with van der Waals surface area (Å²) in [6, 6.07) is 7.37. The van der Waals surface area contributed by atoms with Gasteiger partial charge in [0, 0.05) is 31.2 Å². The smallest absolute Gasteiger partial charge is 0.145 e. The minimum absolute atomic E-state index is 0.597. The van der Waals surface area contributed by atoms with Crippen molar-refractivity contribution in [2.24, 2.45) is 0 Å². The molecule has 4 nitrogen and oxygen atoms in total. The Hall–Kier alpha value is -1.42. The maximum atomic E-state index is 5.58. The van der Waals surface area contributed by atoms with Gasteiger partial charge in [-0.3, -0.25) is 0 Å². The van der Waals surface area contributed by atoms with Crippen LogP contribution in [0.1, 0.15) is 25.7 Å². The Balaban J connectivity index is 1.90. The molecule has 1 aliphatic carbocycles. The lowest BCUT2D eigenvalue weighted by molar-refractivity contribution is 0.282. The van der Waals surface area contributed by atoms with E-state index in [1.807, 2.05) is 12.1 Å². The van der Waals surface area contributed by atoms with Gasteiger partial charge in [0.1, 0.15) is 11.5 Å². The van der Waals surface area contributed by atoms with Crippen molar-refractivity contribution in [1.29, 1.82) is 0 Å². The van der Waals surface area contributed by atoms with Crippen molar-refractivity contribution < 1.29 is 9.47 Å². The summed E-state index contributed by atoms with van der Waals surface area (Å²) in [5.74, 6) is 1.76. The molecule has 0 unspecified atom stereocenters. The third kappa shape index (κ3) is 2.44. The lowest BCUT2D eigenvalue weighted by atomic mass is 9.87. The van der Waals surface area contributed by atoms with E-state index in [0.717, 1.165) is 24.6 Å². The van der Waals surface area contributed by atoms with E-state index in [2.05, 4.69) is 16.3 Å². The molecule has 2 aliphatic rings. The molecule has 1 aromatic rings. The fraction of sp³-hybridized carbons (Fsp3) is 0.625. The van der Waals surface area contributed by atoms with E-state index in [0.29, 0.717) is 12.1 Å². The number of fused-ring (bicyclic) bond motifs is 1. The highest BCUT2D eigenvalue weighted by atomic mass is 16.5. The Kier molecular flexibility index (Phi) is 4.01. The number of benzene rings is 1. The molecule has 0 aromatic heterocycles. The normalized spacial score (nSPS) is 26.0. The zero-order chi connectivity index (χ0) is 13.9. The number of anilines is 1. The highest BCUT2D eigenvalue weighted by molar-refractivity contribution is 5.62. The molecule has 1 N–H and O–H groups in total. The second-order valence-electron chi connectivity index (χ2n) is 5.64. The maximum absolute atomic E-state index is 5.58. The average Bonchev–Trinajstić information content (AvgIpc) is 2.53. The number of nitrogens with one attached hydrogen (secondary N) is 1. The molecule has 1 saturated heterocycles. The molecule has 110 valence electrons. The summed E-state index contributed by atoms with van der Waals surface area (Å²) in [6.45, 7) is 2.10. The van der Waals surface area contributed by atoms with Crippen LogP contribution in [-0.2, 0) is 0 Å². The molecule has 1 aromatic carbocycles. The van der Waals surface area contributed by atoms with Crippen molar-refractivity contribution in [1.82, 2.24) is 5.32 Å². The van der Waals surface area contributed by atoms with Gasteiger partial charge in [0.15, 0.2) is 0 Å². The van der Waals surface area contributed by atoms with Gasteiger partial charge in [-0.05, 0) is 25.0 Å². The van der Waals surface area contributed by atoms with Crippen LogP contribution in [0.4, 0.5) is 5.69 Å². The first-order valence-electron chi connectivity index (χ1n) is 7.55. The molecule has 0 radical (unpaired) electrons. The lowest BCUT2D eigenvalue weighted by Crippen LogP contribution is -2.59. The van der Waals surface area contributed by atoms with Gasteiger partial charge >= 0.3 is 0 Å². The van der Waals surface area contributed by atoms with E-state index in [9.17, 15) is 0 Å². The van der Waals surface area contributed by atoms with Crippen LogP contribution >= 0.6 is 0 Å². The SMILES string of the molecule is COc1ccc(N2CCN[C@@H]3CCCC[C@@H]32)c(OC)c1. The standard InChI is InChI=1S/C16H24N2O2/c1-19-12-7-8-15(16(11-12)20-2)18-10-9-17-13-5-3-4-6-14(13)18/h7-8,11,13-14,17H,3-6,9-10H2,1-2H3/t13-,14+/m1/s1. The molecular weight excluding hydrogens is 252 g/mol. The van der Waals surface area contributed by atoms with Crippen molar-refractivity contribution in [3.05, 3.63) is 18.2 Å². The molecule has 0 amide bonds. The minimum Gasteiger partial charge on any atom is -0.497 e. The summed E-state index contributed by atoms with van der Waals surface area (Å²) in [5, 5.41) is 3.67. The van der Waals surface area contributed by atoms with Crippen molar-refractivity contribution in [3.63, 3.8) is 0 Å². The monoisotopic (exact) mass is 276 g/mol. The third-order valence-electron chi connectivity index (χ3n) is 4.59. The van der Waals surface area contributed by atoms with Crippen molar-refractivity contribution in [2.45, 2.75) is 37.8 Å². The van der Waals surface area contributed by atoms with Gasteiger partial charge in [-0.1, -0.05) is 12.8 Å². The zero-order valence-electron chi connectivity index (χ0n) is 12.4. The number of piperazine rings is 1. The highest BCUT2D eigenvalue weighted by Gasteiger charge is 2.34. The van der Waals surface area contributed by atoms with Crippen LogP contribution in [0.2, 0.25) is 0 Å². The number of nitrogens with zero attached hydrogens (tertiary/aromatic N) is 1. The highest BCUT2D eigenvalue weighted by Crippen LogP contribution is 2.37. The van der Waals surface area contributed by atoms with E-state index >= 15 is 0 Å². The van der Waals surface area contributed by atoms with E-state index in [1.54, 1.807) is 14.2 Å². The fourth-order valence-corrected chi connectivity index (χ4v) is 3.58. The molecule has 2 fully saturated rings. The zero-order valence-corrected chi connectivity index (χ0v) is 12.4. The summed E-state index contributed by atoms with van der Waals surface area (Å²) in [5.41, 5.74) is 1.20. The number of rotatable bonds is 3. The van der Waals surface area contributed by atoms with Crippen LogP contribution in [0.25, 0.3) is 0 Å². The quantitative estimate of drug-likeness (QED) is 0.919. The Morgan fingerprint density at radius 3 is 2.80 bits per heavy atom. The summed E-state index contributed by atoms with van der Waals surface area (Å²) >= 11 is 0. The third-order valence-corrected chi connectivity index (χ3v) is 4.59. The summed E-state index contributed by atoms with van der Waals surface area (Å²) in [7, 11) is 3.43. The second-order valence-corrected chi connectivity index (χ2v) is 5.64. The first kappa shape index (κ1) is 13.6. The summed E-state index contributed by atoms with van der Waals surface area (Å²) in [6.07, 6.45) is 5.24. The Labute approximate surface area is 121 Å².